The third-order valence-electron chi connectivity index (χ3n) is 4.14. The average molecular weight is 174 g/mol. The van der Waals surface area contributed by atoms with Crippen LogP contribution >= 0.6 is 0 Å². The van der Waals surface area contributed by atoms with Gasteiger partial charge < -0.3 is 0 Å². The van der Waals surface area contributed by atoms with Crippen molar-refractivity contribution in [3.05, 3.63) is 23.3 Å². The minimum atomic E-state index is 0.583. The monoisotopic (exact) mass is 174 g/mol. The van der Waals surface area contributed by atoms with E-state index in [9.17, 15) is 0 Å². The maximum atomic E-state index is 2.58. The van der Waals surface area contributed by atoms with Crippen molar-refractivity contribution in [2.45, 2.75) is 39.5 Å². The van der Waals surface area contributed by atoms with Crippen LogP contribution in [0.5, 0.6) is 0 Å². The summed E-state index contributed by atoms with van der Waals surface area (Å²) in [7, 11) is 0. The number of hydrogen-bond acceptors (Lipinski definition) is 0. The second kappa shape index (κ2) is 2.29. The highest BCUT2D eigenvalue weighted by Gasteiger charge is 2.49. The van der Waals surface area contributed by atoms with Gasteiger partial charge in [-0.2, -0.15) is 0 Å². The zero-order valence-electron chi connectivity index (χ0n) is 8.64. The summed E-state index contributed by atoms with van der Waals surface area (Å²) in [6.45, 7) is 4.80. The average Bonchev–Trinajstić information content (AvgIpc) is 2.71. The fourth-order valence-corrected chi connectivity index (χ4v) is 2.98. The van der Waals surface area contributed by atoms with E-state index in [2.05, 4.69) is 26.0 Å². The van der Waals surface area contributed by atoms with E-state index in [0.29, 0.717) is 5.41 Å². The molecule has 0 amide bonds. The summed E-state index contributed by atoms with van der Waals surface area (Å²) < 4.78 is 0. The highest BCUT2D eigenvalue weighted by Crippen LogP contribution is 2.59. The third kappa shape index (κ3) is 1.11. The van der Waals surface area contributed by atoms with Gasteiger partial charge in [0, 0.05) is 0 Å². The maximum Gasteiger partial charge on any atom is -0.00714 e. The van der Waals surface area contributed by atoms with Gasteiger partial charge in [0.1, 0.15) is 0 Å². The molecule has 0 bridgehead atoms. The lowest BCUT2D eigenvalue weighted by molar-refractivity contribution is 0.485. The molecule has 0 aromatic carbocycles. The first-order valence-electron chi connectivity index (χ1n) is 5.60. The minimum absolute atomic E-state index is 0.583. The molecule has 2 fully saturated rings. The topological polar surface area (TPSA) is 0 Å². The van der Waals surface area contributed by atoms with Crippen LogP contribution in [-0.4, -0.2) is 0 Å². The fourth-order valence-electron chi connectivity index (χ4n) is 2.98. The predicted octanol–water partition coefficient (Wildman–Crippen LogP) is 3.70. The van der Waals surface area contributed by atoms with E-state index >= 15 is 0 Å². The van der Waals surface area contributed by atoms with E-state index in [1.807, 2.05) is 0 Å². The zero-order valence-corrected chi connectivity index (χ0v) is 8.64. The van der Waals surface area contributed by atoms with Crippen LogP contribution in [0.1, 0.15) is 39.5 Å². The number of allylic oxidation sites excluding steroid dienone is 4. The second-order valence-electron chi connectivity index (χ2n) is 5.53. The lowest BCUT2D eigenvalue weighted by Crippen LogP contribution is -2.12. The Balaban J connectivity index is 1.93. The van der Waals surface area contributed by atoms with E-state index in [-0.39, 0.29) is 0 Å². The van der Waals surface area contributed by atoms with Gasteiger partial charge in [0.25, 0.3) is 0 Å². The zero-order chi connectivity index (χ0) is 9.05. The van der Waals surface area contributed by atoms with Crippen LogP contribution in [-0.2, 0) is 0 Å². The predicted molar refractivity (Wildman–Crippen MR) is 55.4 cm³/mol. The molecule has 2 saturated carbocycles. The van der Waals surface area contributed by atoms with Crippen molar-refractivity contribution in [1.82, 2.24) is 0 Å². The maximum absolute atomic E-state index is 2.58. The number of hydrogen-bond donors (Lipinski definition) is 0. The van der Waals surface area contributed by atoms with Crippen molar-refractivity contribution >= 4 is 0 Å². The van der Waals surface area contributed by atoms with E-state index in [4.69, 9.17) is 0 Å². The van der Waals surface area contributed by atoms with Crippen LogP contribution < -0.4 is 0 Å². The smallest absolute Gasteiger partial charge is 0.00714 e. The molecular weight excluding hydrogens is 156 g/mol. The molecule has 3 rings (SSSR count). The van der Waals surface area contributed by atoms with Gasteiger partial charge in [0.2, 0.25) is 0 Å². The molecule has 0 spiro atoms. The Bertz CT molecular complexity index is 308. The molecule has 0 aliphatic heterocycles. The van der Waals surface area contributed by atoms with Crippen molar-refractivity contribution in [1.29, 1.82) is 0 Å². The van der Waals surface area contributed by atoms with Crippen LogP contribution in [0.3, 0.4) is 0 Å². The second-order valence-corrected chi connectivity index (χ2v) is 5.53. The van der Waals surface area contributed by atoms with Crippen molar-refractivity contribution in [2.24, 2.45) is 17.3 Å². The summed E-state index contributed by atoms with van der Waals surface area (Å²) >= 11 is 0. The summed E-state index contributed by atoms with van der Waals surface area (Å²) in [6.07, 6.45) is 10.7. The lowest BCUT2D eigenvalue weighted by atomic mass is 9.78. The molecule has 13 heavy (non-hydrogen) atoms. The number of rotatable bonds is 0. The van der Waals surface area contributed by atoms with Crippen LogP contribution in [0.4, 0.5) is 0 Å². The molecule has 0 heteroatoms. The summed E-state index contributed by atoms with van der Waals surface area (Å²) in [5.41, 5.74) is 3.97. The van der Waals surface area contributed by atoms with Crippen molar-refractivity contribution in [3.63, 3.8) is 0 Å². The Kier molecular flexibility index (Phi) is 1.38. The van der Waals surface area contributed by atoms with Crippen molar-refractivity contribution < 1.29 is 0 Å². The van der Waals surface area contributed by atoms with Gasteiger partial charge in [-0.1, -0.05) is 26.0 Å². The van der Waals surface area contributed by atoms with Gasteiger partial charge >= 0.3 is 0 Å². The quantitative estimate of drug-likeness (QED) is 0.525. The Labute approximate surface area is 80.7 Å². The molecule has 3 aliphatic rings. The van der Waals surface area contributed by atoms with Crippen LogP contribution in [0.15, 0.2) is 23.3 Å². The lowest BCUT2D eigenvalue weighted by Gasteiger charge is -2.27. The molecule has 3 aliphatic carbocycles. The van der Waals surface area contributed by atoms with Gasteiger partial charge in [-0.25, -0.2) is 0 Å². The normalized spacial score (nSPS) is 47.2. The van der Waals surface area contributed by atoms with Crippen molar-refractivity contribution in [2.75, 3.05) is 0 Å². The first-order chi connectivity index (χ1) is 6.17. The van der Waals surface area contributed by atoms with Crippen LogP contribution in [0, 0.1) is 17.3 Å². The molecule has 0 aromatic rings. The molecule has 0 heterocycles. The highest BCUT2D eigenvalue weighted by atomic mass is 14.5. The van der Waals surface area contributed by atoms with E-state index < -0.39 is 0 Å². The number of fused-ring (bicyclic) bond motifs is 2. The van der Waals surface area contributed by atoms with E-state index in [1.54, 1.807) is 11.1 Å². The molecule has 3 atom stereocenters. The van der Waals surface area contributed by atoms with Gasteiger partial charge in [-0.15, -0.1) is 0 Å². The molecular formula is C13H18. The van der Waals surface area contributed by atoms with Gasteiger partial charge in [-0.3, -0.25) is 0 Å². The summed E-state index contributed by atoms with van der Waals surface area (Å²) in [5.74, 6) is 1.82. The summed E-state index contributed by atoms with van der Waals surface area (Å²) in [4.78, 5) is 0. The first-order valence-corrected chi connectivity index (χ1v) is 5.60. The standard InChI is InChI=1S/C13H18/c1-9-3-4-10-7-13(2)8-12(13)6-11(10)5-9/h6-7,9,12H,3-5,8H2,1-2H3. The van der Waals surface area contributed by atoms with Gasteiger partial charge in [0.05, 0.1) is 0 Å². The molecule has 0 saturated heterocycles. The largest absolute Gasteiger partial charge is 0.0770 e. The van der Waals surface area contributed by atoms with E-state index in [0.717, 1.165) is 11.8 Å². The molecule has 3 unspecified atom stereocenters. The first kappa shape index (κ1) is 7.84. The van der Waals surface area contributed by atoms with E-state index in [1.165, 1.54) is 25.7 Å². The molecule has 0 aromatic heterocycles. The minimum Gasteiger partial charge on any atom is -0.0770 e. The Morgan fingerprint density at radius 2 is 2.23 bits per heavy atom. The van der Waals surface area contributed by atoms with Gasteiger partial charge in [-0.05, 0) is 54.1 Å². The molecule has 0 nitrogen and oxygen atoms in total. The van der Waals surface area contributed by atoms with Crippen LogP contribution in [0.25, 0.3) is 0 Å². The SMILES string of the molecule is CC1CCC2=CC3(C)CC3C=C2C1. The summed E-state index contributed by atoms with van der Waals surface area (Å²) in [5, 5.41) is 0. The Hall–Kier alpha value is -0.520. The summed E-state index contributed by atoms with van der Waals surface area (Å²) in [6, 6.07) is 0. The molecule has 70 valence electrons. The Morgan fingerprint density at radius 3 is 3.08 bits per heavy atom. The molecule has 0 radical (unpaired) electrons. The fraction of sp³-hybridized carbons (Fsp3) is 0.692. The Morgan fingerprint density at radius 1 is 1.38 bits per heavy atom. The van der Waals surface area contributed by atoms with Crippen molar-refractivity contribution in [3.8, 4) is 0 Å². The third-order valence-corrected chi connectivity index (χ3v) is 4.14. The molecule has 0 N–H and O–H groups in total. The van der Waals surface area contributed by atoms with Gasteiger partial charge in [0.15, 0.2) is 0 Å². The highest BCUT2D eigenvalue weighted by molar-refractivity contribution is 5.43. The van der Waals surface area contributed by atoms with Crippen LogP contribution in [0.2, 0.25) is 0 Å².